The van der Waals surface area contributed by atoms with E-state index in [2.05, 4.69) is 47.2 Å². The van der Waals surface area contributed by atoms with Crippen LogP contribution in [-0.4, -0.2) is 13.2 Å². The zero-order valence-electron chi connectivity index (χ0n) is 8.53. The molecule has 0 aliphatic rings. The van der Waals surface area contributed by atoms with Gasteiger partial charge in [-0.25, -0.2) is 0 Å². The fourth-order valence-electron chi connectivity index (χ4n) is 1.42. The average Bonchev–Trinajstić information content (AvgIpc) is 2.09. The molecule has 0 saturated heterocycles. The van der Waals surface area contributed by atoms with E-state index in [9.17, 15) is 4.39 Å². The number of hydrogen-bond donors (Lipinski definition) is 1. The van der Waals surface area contributed by atoms with E-state index in [-0.39, 0.29) is 6.67 Å². The van der Waals surface area contributed by atoms with Gasteiger partial charge in [0.15, 0.2) is 0 Å². The normalized spacial score (nSPS) is 10.3. The molecule has 14 heavy (non-hydrogen) atoms. The largest absolute Gasteiger partial charge is 0.384 e. The van der Waals surface area contributed by atoms with E-state index in [0.29, 0.717) is 13.0 Å². The van der Waals surface area contributed by atoms with Gasteiger partial charge in [0.2, 0.25) is 0 Å². The summed E-state index contributed by atoms with van der Waals surface area (Å²) >= 11 is 3.49. The van der Waals surface area contributed by atoms with Crippen LogP contribution in [0.1, 0.15) is 17.5 Å². The molecule has 0 unspecified atom stereocenters. The first-order chi connectivity index (χ1) is 6.65. The van der Waals surface area contributed by atoms with E-state index in [1.54, 1.807) is 0 Å². The van der Waals surface area contributed by atoms with Crippen molar-refractivity contribution in [3.8, 4) is 0 Å². The summed E-state index contributed by atoms with van der Waals surface area (Å²) in [6.07, 6.45) is 0.555. The molecular weight excluding hydrogens is 245 g/mol. The molecule has 78 valence electrons. The Bertz CT molecular complexity index is 289. The average molecular weight is 260 g/mol. The van der Waals surface area contributed by atoms with E-state index in [1.807, 2.05) is 0 Å². The summed E-state index contributed by atoms with van der Waals surface area (Å²) in [6, 6.07) is 4.17. The number of alkyl halides is 1. The van der Waals surface area contributed by atoms with Gasteiger partial charge in [0.25, 0.3) is 0 Å². The highest BCUT2D eigenvalue weighted by Crippen LogP contribution is 2.27. The monoisotopic (exact) mass is 259 g/mol. The predicted molar refractivity (Wildman–Crippen MR) is 62.7 cm³/mol. The number of aryl methyl sites for hydroxylation is 2. The molecule has 0 amide bonds. The van der Waals surface area contributed by atoms with Crippen LogP contribution >= 0.6 is 15.9 Å². The first-order valence-corrected chi connectivity index (χ1v) is 5.51. The van der Waals surface area contributed by atoms with Gasteiger partial charge >= 0.3 is 0 Å². The zero-order chi connectivity index (χ0) is 10.6. The molecule has 1 N–H and O–H groups in total. The van der Waals surface area contributed by atoms with E-state index in [0.717, 1.165) is 10.2 Å². The number of hydrogen-bond acceptors (Lipinski definition) is 1. The summed E-state index contributed by atoms with van der Waals surface area (Å²) in [5, 5.41) is 3.22. The van der Waals surface area contributed by atoms with Crippen LogP contribution in [0.2, 0.25) is 0 Å². The second kappa shape index (κ2) is 5.35. The van der Waals surface area contributed by atoms with E-state index in [4.69, 9.17) is 0 Å². The third-order valence-corrected chi connectivity index (χ3v) is 2.67. The quantitative estimate of drug-likeness (QED) is 0.811. The predicted octanol–water partition coefficient (Wildman–Crippen LogP) is 3.84. The standard InChI is InChI=1S/C11H15BrFN/c1-8-6-9(2)11(10(12)7-8)14-5-3-4-13/h6-7,14H,3-5H2,1-2H3. The third-order valence-electron chi connectivity index (χ3n) is 2.04. The summed E-state index contributed by atoms with van der Waals surface area (Å²) in [5.74, 6) is 0. The lowest BCUT2D eigenvalue weighted by Crippen LogP contribution is -2.04. The van der Waals surface area contributed by atoms with E-state index in [1.165, 1.54) is 11.1 Å². The molecule has 0 atom stereocenters. The van der Waals surface area contributed by atoms with Crippen molar-refractivity contribution in [1.29, 1.82) is 0 Å². The van der Waals surface area contributed by atoms with Crippen LogP contribution in [0.25, 0.3) is 0 Å². The Balaban J connectivity index is 2.75. The van der Waals surface area contributed by atoms with Crippen LogP contribution < -0.4 is 5.32 Å². The Hall–Kier alpha value is -0.570. The number of rotatable bonds is 4. The summed E-state index contributed by atoms with van der Waals surface area (Å²) in [7, 11) is 0. The maximum absolute atomic E-state index is 11.9. The number of nitrogens with one attached hydrogen (secondary N) is 1. The molecule has 0 fully saturated rings. The zero-order valence-corrected chi connectivity index (χ0v) is 10.1. The highest BCUT2D eigenvalue weighted by molar-refractivity contribution is 9.10. The summed E-state index contributed by atoms with van der Waals surface area (Å²) in [5.41, 5.74) is 3.49. The molecule has 0 radical (unpaired) electrons. The van der Waals surface area contributed by atoms with Crippen molar-refractivity contribution >= 4 is 21.6 Å². The Labute approximate surface area is 92.8 Å². The van der Waals surface area contributed by atoms with Gasteiger partial charge in [0, 0.05) is 11.0 Å². The van der Waals surface area contributed by atoms with Gasteiger partial charge in [0.1, 0.15) is 0 Å². The first kappa shape index (κ1) is 11.5. The fraction of sp³-hybridized carbons (Fsp3) is 0.455. The van der Waals surface area contributed by atoms with Gasteiger partial charge in [-0.15, -0.1) is 0 Å². The van der Waals surface area contributed by atoms with Gasteiger partial charge in [-0.2, -0.15) is 0 Å². The van der Waals surface area contributed by atoms with E-state index >= 15 is 0 Å². The molecule has 0 saturated carbocycles. The SMILES string of the molecule is Cc1cc(C)c(NCCCF)c(Br)c1. The maximum Gasteiger partial charge on any atom is 0.0911 e. The highest BCUT2D eigenvalue weighted by Gasteiger charge is 2.03. The molecule has 3 heteroatoms. The van der Waals surface area contributed by atoms with Gasteiger partial charge in [-0.05, 0) is 53.4 Å². The molecular formula is C11H15BrFN. The lowest BCUT2D eigenvalue weighted by Gasteiger charge is -2.11. The van der Waals surface area contributed by atoms with Crippen LogP contribution in [-0.2, 0) is 0 Å². The summed E-state index contributed by atoms with van der Waals surface area (Å²) < 4.78 is 13.0. The second-order valence-corrected chi connectivity index (χ2v) is 4.26. The minimum atomic E-state index is -0.268. The van der Waals surface area contributed by atoms with Gasteiger partial charge in [-0.1, -0.05) is 6.07 Å². The fourth-order valence-corrected chi connectivity index (χ4v) is 2.23. The van der Waals surface area contributed by atoms with Crippen molar-refractivity contribution in [2.75, 3.05) is 18.5 Å². The molecule has 0 aliphatic carbocycles. The Morgan fingerprint density at radius 2 is 2.07 bits per heavy atom. The lowest BCUT2D eigenvalue weighted by molar-refractivity contribution is 0.481. The molecule has 1 aromatic carbocycles. The topological polar surface area (TPSA) is 12.0 Å². The van der Waals surface area contributed by atoms with Crippen molar-refractivity contribution < 1.29 is 4.39 Å². The van der Waals surface area contributed by atoms with Crippen molar-refractivity contribution in [2.24, 2.45) is 0 Å². The molecule has 1 rings (SSSR count). The smallest absolute Gasteiger partial charge is 0.0911 e. The Kier molecular flexibility index (Phi) is 4.39. The van der Waals surface area contributed by atoms with Crippen LogP contribution in [0.4, 0.5) is 10.1 Å². The van der Waals surface area contributed by atoms with Gasteiger partial charge in [-0.3, -0.25) is 4.39 Å². The van der Waals surface area contributed by atoms with Crippen molar-refractivity contribution in [2.45, 2.75) is 20.3 Å². The highest BCUT2D eigenvalue weighted by atomic mass is 79.9. The number of benzene rings is 1. The van der Waals surface area contributed by atoms with Crippen molar-refractivity contribution in [3.63, 3.8) is 0 Å². The second-order valence-electron chi connectivity index (χ2n) is 3.41. The number of halogens is 2. The summed E-state index contributed by atoms with van der Waals surface area (Å²) in [6.45, 7) is 4.52. The molecule has 1 nitrogen and oxygen atoms in total. The Morgan fingerprint density at radius 1 is 1.36 bits per heavy atom. The summed E-state index contributed by atoms with van der Waals surface area (Å²) in [4.78, 5) is 0. The van der Waals surface area contributed by atoms with Crippen molar-refractivity contribution in [3.05, 3.63) is 27.7 Å². The van der Waals surface area contributed by atoms with Gasteiger partial charge in [0.05, 0.1) is 12.4 Å². The molecule has 0 aliphatic heterocycles. The minimum Gasteiger partial charge on any atom is -0.384 e. The van der Waals surface area contributed by atoms with Crippen LogP contribution in [0.5, 0.6) is 0 Å². The van der Waals surface area contributed by atoms with E-state index < -0.39 is 0 Å². The third kappa shape index (κ3) is 2.98. The van der Waals surface area contributed by atoms with Crippen molar-refractivity contribution in [1.82, 2.24) is 0 Å². The van der Waals surface area contributed by atoms with Crippen LogP contribution in [0.3, 0.4) is 0 Å². The number of anilines is 1. The molecule has 0 spiro atoms. The maximum atomic E-state index is 11.9. The minimum absolute atomic E-state index is 0.268. The van der Waals surface area contributed by atoms with Gasteiger partial charge < -0.3 is 5.32 Å². The first-order valence-electron chi connectivity index (χ1n) is 4.71. The molecule has 0 bridgehead atoms. The Morgan fingerprint density at radius 3 is 2.64 bits per heavy atom. The molecule has 0 aromatic heterocycles. The lowest BCUT2D eigenvalue weighted by atomic mass is 10.1. The molecule has 0 heterocycles. The van der Waals surface area contributed by atoms with Crippen LogP contribution in [0, 0.1) is 13.8 Å². The van der Waals surface area contributed by atoms with Crippen LogP contribution in [0.15, 0.2) is 16.6 Å². The molecule has 1 aromatic rings.